The van der Waals surface area contributed by atoms with E-state index in [0.29, 0.717) is 12.0 Å². The van der Waals surface area contributed by atoms with Crippen molar-refractivity contribution in [1.29, 1.82) is 0 Å². The van der Waals surface area contributed by atoms with Crippen molar-refractivity contribution in [3.8, 4) is 0 Å². The van der Waals surface area contributed by atoms with Crippen molar-refractivity contribution in [2.24, 2.45) is 11.8 Å². The first-order chi connectivity index (χ1) is 10.3. The lowest BCUT2D eigenvalue weighted by atomic mass is 10.1. The van der Waals surface area contributed by atoms with Crippen LogP contribution >= 0.6 is 0 Å². The van der Waals surface area contributed by atoms with Gasteiger partial charge in [0.05, 0.1) is 18.4 Å². The van der Waals surface area contributed by atoms with Crippen LogP contribution in [-0.4, -0.2) is 60.4 Å². The molecule has 4 rings (SSSR count). The van der Waals surface area contributed by atoms with Crippen molar-refractivity contribution in [3.05, 3.63) is 17.5 Å². The van der Waals surface area contributed by atoms with Crippen molar-refractivity contribution >= 4 is 0 Å². The Hall–Kier alpha value is -0.910. The van der Waals surface area contributed by atoms with Crippen molar-refractivity contribution in [3.63, 3.8) is 0 Å². The van der Waals surface area contributed by atoms with E-state index < -0.39 is 0 Å². The highest BCUT2D eigenvalue weighted by Crippen LogP contribution is 2.31. The predicted octanol–water partition coefficient (Wildman–Crippen LogP) is 1.53. The minimum atomic E-state index is 0.405. The van der Waals surface area contributed by atoms with Crippen LogP contribution in [0.25, 0.3) is 0 Å². The topological polar surface area (TPSA) is 41.7 Å². The third-order valence-electron chi connectivity index (χ3n) is 4.96. The Labute approximate surface area is 126 Å². The summed E-state index contributed by atoms with van der Waals surface area (Å²) < 4.78 is 11.3. The third-order valence-corrected chi connectivity index (χ3v) is 4.96. The molecule has 0 radical (unpaired) electrons. The summed E-state index contributed by atoms with van der Waals surface area (Å²) in [6.07, 6.45) is 3.27. The highest BCUT2D eigenvalue weighted by atomic mass is 16.5. The van der Waals surface area contributed by atoms with E-state index in [9.17, 15) is 0 Å². The summed E-state index contributed by atoms with van der Waals surface area (Å²) in [6.45, 7) is 9.49. The molecular weight excluding hydrogens is 266 g/mol. The van der Waals surface area contributed by atoms with Crippen LogP contribution in [0, 0.1) is 18.8 Å². The number of aryl methyl sites for hydroxylation is 1. The largest absolute Gasteiger partial charge is 0.375 e. The summed E-state index contributed by atoms with van der Waals surface area (Å²) in [5, 5.41) is 4.11. The lowest BCUT2D eigenvalue weighted by molar-refractivity contribution is 0.0509. The first-order valence-corrected chi connectivity index (χ1v) is 8.25. The van der Waals surface area contributed by atoms with E-state index in [1.807, 2.05) is 13.0 Å². The van der Waals surface area contributed by atoms with Gasteiger partial charge < -0.3 is 14.2 Å². The number of ether oxygens (including phenoxy) is 1. The van der Waals surface area contributed by atoms with Gasteiger partial charge in [0.15, 0.2) is 0 Å². The van der Waals surface area contributed by atoms with Crippen molar-refractivity contribution in [2.45, 2.75) is 32.4 Å². The van der Waals surface area contributed by atoms with Crippen molar-refractivity contribution < 1.29 is 9.26 Å². The van der Waals surface area contributed by atoms with Gasteiger partial charge in [-0.25, -0.2) is 0 Å². The standard InChI is InChI=1S/C16H25N3O2/c1-12-6-15(17-21-12)10-19-9-14-8-18(7-13-2-3-13)4-5-20-16(14)11-19/h6,13-14,16H,2-5,7-11H2,1H3/t14-,16+/m0/s1. The highest BCUT2D eigenvalue weighted by Gasteiger charge is 2.37. The second-order valence-electron chi connectivity index (χ2n) is 7.00. The normalized spacial score (nSPS) is 31.3. The second kappa shape index (κ2) is 5.71. The molecular formula is C16H25N3O2. The lowest BCUT2D eigenvalue weighted by Crippen LogP contribution is -2.34. The van der Waals surface area contributed by atoms with E-state index in [-0.39, 0.29) is 0 Å². The molecule has 5 heteroatoms. The first-order valence-electron chi connectivity index (χ1n) is 8.25. The molecule has 0 aromatic carbocycles. The fourth-order valence-corrected chi connectivity index (χ4v) is 3.73. The Morgan fingerprint density at radius 2 is 2.10 bits per heavy atom. The molecule has 1 aliphatic carbocycles. The van der Waals surface area contributed by atoms with E-state index >= 15 is 0 Å². The monoisotopic (exact) mass is 291 g/mol. The minimum absolute atomic E-state index is 0.405. The van der Waals surface area contributed by atoms with Crippen LogP contribution in [0.15, 0.2) is 10.6 Å². The minimum Gasteiger partial charge on any atom is -0.375 e. The molecule has 116 valence electrons. The van der Waals surface area contributed by atoms with Crippen molar-refractivity contribution in [1.82, 2.24) is 15.0 Å². The van der Waals surface area contributed by atoms with Gasteiger partial charge in [-0.1, -0.05) is 5.16 Å². The van der Waals surface area contributed by atoms with Gasteiger partial charge in [0.2, 0.25) is 0 Å². The predicted molar refractivity (Wildman–Crippen MR) is 78.9 cm³/mol. The molecule has 2 saturated heterocycles. The Morgan fingerprint density at radius 1 is 1.24 bits per heavy atom. The van der Waals surface area contributed by atoms with Gasteiger partial charge in [-0.3, -0.25) is 4.90 Å². The van der Waals surface area contributed by atoms with Gasteiger partial charge in [-0.2, -0.15) is 0 Å². The number of rotatable bonds is 4. The zero-order chi connectivity index (χ0) is 14.2. The average molecular weight is 291 g/mol. The maximum atomic E-state index is 6.11. The third kappa shape index (κ3) is 3.30. The summed E-state index contributed by atoms with van der Waals surface area (Å²) in [6, 6.07) is 2.04. The summed E-state index contributed by atoms with van der Waals surface area (Å²) in [5.74, 6) is 2.52. The van der Waals surface area contributed by atoms with Gasteiger partial charge in [0, 0.05) is 51.3 Å². The number of fused-ring (bicyclic) bond motifs is 1. The van der Waals surface area contributed by atoms with Crippen LogP contribution in [0.4, 0.5) is 0 Å². The average Bonchev–Trinajstić information content (AvgIpc) is 3.11. The van der Waals surface area contributed by atoms with E-state index in [4.69, 9.17) is 9.26 Å². The Balaban J connectivity index is 1.35. The van der Waals surface area contributed by atoms with Crippen LogP contribution < -0.4 is 0 Å². The smallest absolute Gasteiger partial charge is 0.133 e. The molecule has 1 aromatic heterocycles. The zero-order valence-corrected chi connectivity index (χ0v) is 12.8. The maximum absolute atomic E-state index is 6.11. The van der Waals surface area contributed by atoms with Crippen LogP contribution in [0.5, 0.6) is 0 Å². The fraction of sp³-hybridized carbons (Fsp3) is 0.812. The Morgan fingerprint density at radius 3 is 2.86 bits per heavy atom. The molecule has 0 N–H and O–H groups in total. The molecule has 0 bridgehead atoms. The molecule has 21 heavy (non-hydrogen) atoms. The zero-order valence-electron chi connectivity index (χ0n) is 12.8. The van der Waals surface area contributed by atoms with E-state index in [1.165, 1.54) is 25.9 Å². The molecule has 5 nitrogen and oxygen atoms in total. The molecule has 1 aromatic rings. The molecule has 0 unspecified atom stereocenters. The fourth-order valence-electron chi connectivity index (χ4n) is 3.73. The highest BCUT2D eigenvalue weighted by molar-refractivity contribution is 5.04. The van der Waals surface area contributed by atoms with Crippen LogP contribution in [-0.2, 0) is 11.3 Å². The molecule has 2 atom stereocenters. The van der Waals surface area contributed by atoms with Crippen LogP contribution in [0.1, 0.15) is 24.3 Å². The number of hydrogen-bond donors (Lipinski definition) is 0. The first kappa shape index (κ1) is 13.7. The number of hydrogen-bond acceptors (Lipinski definition) is 5. The van der Waals surface area contributed by atoms with Gasteiger partial charge >= 0.3 is 0 Å². The van der Waals surface area contributed by atoms with E-state index in [0.717, 1.165) is 50.2 Å². The van der Waals surface area contributed by atoms with Gasteiger partial charge in [-0.05, 0) is 25.7 Å². The van der Waals surface area contributed by atoms with E-state index in [1.54, 1.807) is 0 Å². The summed E-state index contributed by atoms with van der Waals surface area (Å²) in [5.41, 5.74) is 1.04. The van der Waals surface area contributed by atoms with Gasteiger partial charge in [0.1, 0.15) is 5.76 Å². The molecule has 3 aliphatic rings. The molecule has 3 heterocycles. The summed E-state index contributed by atoms with van der Waals surface area (Å²) >= 11 is 0. The molecule has 3 fully saturated rings. The summed E-state index contributed by atoms with van der Waals surface area (Å²) in [7, 11) is 0. The Bertz CT molecular complexity index is 486. The van der Waals surface area contributed by atoms with Crippen molar-refractivity contribution in [2.75, 3.05) is 39.3 Å². The lowest BCUT2D eigenvalue weighted by Gasteiger charge is -2.23. The van der Waals surface area contributed by atoms with Gasteiger partial charge in [0.25, 0.3) is 0 Å². The second-order valence-corrected chi connectivity index (χ2v) is 7.00. The molecule has 1 saturated carbocycles. The van der Waals surface area contributed by atoms with Gasteiger partial charge in [-0.15, -0.1) is 0 Å². The maximum Gasteiger partial charge on any atom is 0.133 e. The number of aromatic nitrogens is 1. The van der Waals surface area contributed by atoms with Crippen LogP contribution in [0.3, 0.4) is 0 Å². The SMILES string of the molecule is Cc1cc(CN2C[C@@H]3CN(CC4CC4)CCO[C@@H]3C2)no1. The van der Waals surface area contributed by atoms with E-state index in [2.05, 4.69) is 15.0 Å². The summed E-state index contributed by atoms with van der Waals surface area (Å²) in [4.78, 5) is 5.10. The number of nitrogens with zero attached hydrogens (tertiary/aromatic N) is 3. The Kier molecular flexibility index (Phi) is 3.73. The molecule has 0 amide bonds. The quantitative estimate of drug-likeness (QED) is 0.841. The molecule has 0 spiro atoms. The molecule has 2 aliphatic heterocycles. The van der Waals surface area contributed by atoms with Crippen LogP contribution in [0.2, 0.25) is 0 Å². The number of likely N-dealkylation sites (tertiary alicyclic amines) is 1.